The van der Waals surface area contributed by atoms with E-state index in [4.69, 9.17) is 0 Å². The van der Waals surface area contributed by atoms with Crippen molar-refractivity contribution in [2.24, 2.45) is 0 Å². The predicted octanol–water partition coefficient (Wildman–Crippen LogP) is 3.47. The van der Waals surface area contributed by atoms with Gasteiger partial charge >= 0.3 is 6.18 Å². The molecule has 0 aliphatic heterocycles. The van der Waals surface area contributed by atoms with E-state index in [1.807, 2.05) is 0 Å². The van der Waals surface area contributed by atoms with Crippen molar-refractivity contribution >= 4 is 17.4 Å². The molecular formula is C9H10F3NS. The topological polar surface area (TPSA) is 12.0 Å². The highest BCUT2D eigenvalue weighted by molar-refractivity contribution is 7.98. The molecule has 1 aromatic carbocycles. The lowest BCUT2D eigenvalue weighted by atomic mass is 10.1. The Kier molecular flexibility index (Phi) is 3.31. The van der Waals surface area contributed by atoms with Gasteiger partial charge in [0.05, 0.1) is 11.3 Å². The number of anilines is 1. The molecule has 1 nitrogen and oxygen atoms in total. The molecule has 5 heteroatoms. The molecule has 0 atom stereocenters. The van der Waals surface area contributed by atoms with Crippen molar-refractivity contribution in [2.75, 3.05) is 18.6 Å². The Morgan fingerprint density at radius 2 is 1.93 bits per heavy atom. The van der Waals surface area contributed by atoms with Crippen molar-refractivity contribution in [3.05, 3.63) is 23.8 Å². The van der Waals surface area contributed by atoms with Crippen molar-refractivity contribution in [3.8, 4) is 0 Å². The summed E-state index contributed by atoms with van der Waals surface area (Å²) in [5.74, 6) is 0. The predicted molar refractivity (Wildman–Crippen MR) is 52.8 cm³/mol. The van der Waals surface area contributed by atoms with Crippen LogP contribution in [0, 0.1) is 0 Å². The number of nitrogens with one attached hydrogen (secondary N) is 1. The average Bonchev–Trinajstić information content (AvgIpc) is 2.15. The highest BCUT2D eigenvalue weighted by atomic mass is 32.2. The lowest BCUT2D eigenvalue weighted by Gasteiger charge is -2.14. The van der Waals surface area contributed by atoms with Gasteiger partial charge in [-0.15, -0.1) is 11.8 Å². The van der Waals surface area contributed by atoms with Crippen LogP contribution in [0.4, 0.5) is 18.9 Å². The zero-order chi connectivity index (χ0) is 10.8. The number of benzene rings is 1. The minimum absolute atomic E-state index is 0.146. The minimum atomic E-state index is -4.30. The molecular weight excluding hydrogens is 211 g/mol. The highest BCUT2D eigenvalue weighted by Gasteiger charge is 2.33. The molecule has 0 aliphatic carbocycles. The number of alkyl halides is 3. The van der Waals surface area contributed by atoms with Gasteiger partial charge in [0, 0.05) is 11.9 Å². The van der Waals surface area contributed by atoms with Gasteiger partial charge in [0.1, 0.15) is 0 Å². The third-order valence-corrected chi connectivity index (χ3v) is 2.58. The first-order valence-corrected chi connectivity index (χ1v) is 5.15. The molecule has 14 heavy (non-hydrogen) atoms. The van der Waals surface area contributed by atoms with Gasteiger partial charge in [-0.25, -0.2) is 0 Å². The Bertz CT molecular complexity index is 322. The lowest BCUT2D eigenvalue weighted by Crippen LogP contribution is -2.09. The standard InChI is InChI=1S/C9H10F3NS/c1-13-8-6(9(10,11)12)4-3-5-7(8)14-2/h3-5,13H,1-2H3. The Labute approximate surface area is 84.7 Å². The van der Waals surface area contributed by atoms with E-state index in [0.717, 1.165) is 6.07 Å². The van der Waals surface area contributed by atoms with Crippen LogP contribution in [0.3, 0.4) is 0 Å². The summed E-state index contributed by atoms with van der Waals surface area (Å²) >= 11 is 1.29. The summed E-state index contributed by atoms with van der Waals surface area (Å²) in [5.41, 5.74) is -0.473. The largest absolute Gasteiger partial charge is 0.418 e. The SMILES string of the molecule is CNc1c(SC)cccc1C(F)(F)F. The fraction of sp³-hybridized carbons (Fsp3) is 0.333. The van der Waals surface area contributed by atoms with Crippen molar-refractivity contribution in [2.45, 2.75) is 11.1 Å². The number of para-hydroxylation sites is 1. The molecule has 1 rings (SSSR count). The third kappa shape index (κ3) is 2.15. The van der Waals surface area contributed by atoms with Gasteiger partial charge in [-0.2, -0.15) is 13.2 Å². The second kappa shape index (κ2) is 4.13. The second-order valence-electron chi connectivity index (χ2n) is 2.63. The number of hydrogen-bond donors (Lipinski definition) is 1. The third-order valence-electron chi connectivity index (χ3n) is 1.80. The summed E-state index contributed by atoms with van der Waals surface area (Å²) < 4.78 is 37.5. The molecule has 0 bridgehead atoms. The molecule has 0 saturated carbocycles. The highest BCUT2D eigenvalue weighted by Crippen LogP contribution is 2.38. The van der Waals surface area contributed by atoms with Crippen LogP contribution < -0.4 is 5.32 Å². The van der Waals surface area contributed by atoms with Crippen LogP contribution in [0.5, 0.6) is 0 Å². The van der Waals surface area contributed by atoms with Crippen LogP contribution in [0.1, 0.15) is 5.56 Å². The molecule has 0 aliphatic rings. The molecule has 0 radical (unpaired) electrons. The Balaban J connectivity index is 3.29. The molecule has 0 aromatic heterocycles. The number of thioether (sulfide) groups is 1. The molecule has 78 valence electrons. The summed E-state index contributed by atoms with van der Waals surface area (Å²) in [4.78, 5) is 0.599. The minimum Gasteiger partial charge on any atom is -0.387 e. The Morgan fingerprint density at radius 3 is 2.36 bits per heavy atom. The van der Waals surface area contributed by atoms with Crippen LogP contribution in [0.15, 0.2) is 23.1 Å². The first-order valence-electron chi connectivity index (χ1n) is 3.92. The molecule has 0 amide bonds. The molecule has 0 saturated heterocycles. The summed E-state index contributed by atoms with van der Waals surface area (Å²) in [6.07, 6.45) is -2.56. The molecule has 1 aromatic rings. The van der Waals surface area contributed by atoms with Crippen LogP contribution >= 0.6 is 11.8 Å². The van der Waals surface area contributed by atoms with E-state index in [9.17, 15) is 13.2 Å². The van der Waals surface area contributed by atoms with E-state index in [0.29, 0.717) is 4.90 Å². The zero-order valence-electron chi connectivity index (χ0n) is 7.77. The lowest BCUT2D eigenvalue weighted by molar-refractivity contribution is -0.137. The number of rotatable bonds is 2. The first-order chi connectivity index (χ1) is 6.50. The molecule has 0 heterocycles. The maximum Gasteiger partial charge on any atom is 0.418 e. The van der Waals surface area contributed by atoms with Crippen molar-refractivity contribution < 1.29 is 13.2 Å². The van der Waals surface area contributed by atoms with E-state index in [-0.39, 0.29) is 5.69 Å². The van der Waals surface area contributed by atoms with Crippen molar-refractivity contribution in [1.82, 2.24) is 0 Å². The molecule has 0 spiro atoms. The maximum atomic E-state index is 12.5. The fourth-order valence-corrected chi connectivity index (χ4v) is 1.83. The van der Waals surface area contributed by atoms with Gasteiger partial charge < -0.3 is 5.32 Å². The van der Waals surface area contributed by atoms with Crippen LogP contribution in [0.2, 0.25) is 0 Å². The quantitative estimate of drug-likeness (QED) is 0.767. The molecule has 0 unspecified atom stereocenters. The monoisotopic (exact) mass is 221 g/mol. The summed E-state index contributed by atoms with van der Waals surface area (Å²) in [6.45, 7) is 0. The second-order valence-corrected chi connectivity index (χ2v) is 3.48. The van der Waals surface area contributed by atoms with Gasteiger partial charge in [0.2, 0.25) is 0 Å². The average molecular weight is 221 g/mol. The first kappa shape index (κ1) is 11.2. The zero-order valence-corrected chi connectivity index (χ0v) is 8.59. The van der Waals surface area contributed by atoms with Gasteiger partial charge in [-0.1, -0.05) is 6.07 Å². The normalized spacial score (nSPS) is 11.5. The Morgan fingerprint density at radius 1 is 1.29 bits per heavy atom. The van der Waals surface area contributed by atoms with Crippen molar-refractivity contribution in [3.63, 3.8) is 0 Å². The smallest absolute Gasteiger partial charge is 0.387 e. The summed E-state index contributed by atoms with van der Waals surface area (Å²) in [7, 11) is 1.49. The molecule has 1 N–H and O–H groups in total. The van der Waals surface area contributed by atoms with E-state index in [1.165, 1.54) is 24.9 Å². The number of halogens is 3. The summed E-state index contributed by atoms with van der Waals surface area (Å²) in [6, 6.07) is 4.15. The van der Waals surface area contributed by atoms with Gasteiger partial charge in [0.15, 0.2) is 0 Å². The number of hydrogen-bond acceptors (Lipinski definition) is 2. The fourth-order valence-electron chi connectivity index (χ4n) is 1.20. The van der Waals surface area contributed by atoms with Crippen molar-refractivity contribution in [1.29, 1.82) is 0 Å². The van der Waals surface area contributed by atoms with Gasteiger partial charge in [-0.05, 0) is 18.4 Å². The van der Waals surface area contributed by atoms with Crippen LogP contribution in [-0.2, 0) is 6.18 Å². The maximum absolute atomic E-state index is 12.5. The van der Waals surface area contributed by atoms with E-state index in [2.05, 4.69) is 5.32 Å². The van der Waals surface area contributed by atoms with E-state index < -0.39 is 11.7 Å². The molecule has 0 fully saturated rings. The van der Waals surface area contributed by atoms with Gasteiger partial charge in [-0.3, -0.25) is 0 Å². The van der Waals surface area contributed by atoms with E-state index >= 15 is 0 Å². The Hall–Kier alpha value is -0.840. The van der Waals surface area contributed by atoms with Gasteiger partial charge in [0.25, 0.3) is 0 Å². The van der Waals surface area contributed by atoms with Crippen LogP contribution in [-0.4, -0.2) is 13.3 Å². The van der Waals surface area contributed by atoms with Crippen LogP contribution in [0.25, 0.3) is 0 Å². The summed E-state index contributed by atoms with van der Waals surface area (Å²) in [5, 5.41) is 2.58. The van der Waals surface area contributed by atoms with E-state index in [1.54, 1.807) is 12.3 Å².